The van der Waals surface area contributed by atoms with Gasteiger partial charge in [0.25, 0.3) is 0 Å². The largest absolute Gasteiger partial charge is 0.463 e. The molecule has 0 amide bonds. The first-order chi connectivity index (χ1) is 7.15. The van der Waals surface area contributed by atoms with Crippen molar-refractivity contribution in [1.82, 2.24) is 0 Å². The number of hydrogen-bond donors (Lipinski definition) is 1. The van der Waals surface area contributed by atoms with Crippen LogP contribution in [0, 0.1) is 0 Å². The molecule has 2 nitrogen and oxygen atoms in total. The fourth-order valence-corrected chi connectivity index (χ4v) is 1.58. The van der Waals surface area contributed by atoms with Gasteiger partial charge in [-0.15, -0.1) is 12.6 Å². The summed E-state index contributed by atoms with van der Waals surface area (Å²) in [6.45, 7) is 4.05. The van der Waals surface area contributed by atoms with Gasteiger partial charge in [0.15, 0.2) is 0 Å². The molecule has 0 heterocycles. The number of thiol groups is 1. The number of esters is 1. The van der Waals surface area contributed by atoms with Gasteiger partial charge < -0.3 is 4.74 Å². The Morgan fingerprint density at radius 3 is 2.73 bits per heavy atom. The third-order valence-electron chi connectivity index (χ3n) is 1.95. The van der Waals surface area contributed by atoms with Crippen molar-refractivity contribution in [3.63, 3.8) is 0 Å². The molecule has 0 fully saturated rings. The van der Waals surface area contributed by atoms with E-state index in [2.05, 4.69) is 12.6 Å². The van der Waals surface area contributed by atoms with E-state index in [0.717, 1.165) is 16.0 Å². The maximum atomic E-state index is 11.2. The van der Waals surface area contributed by atoms with Crippen LogP contribution >= 0.6 is 12.6 Å². The number of benzene rings is 1. The molecule has 0 saturated heterocycles. The van der Waals surface area contributed by atoms with Crippen LogP contribution in [0.1, 0.15) is 19.4 Å². The highest BCUT2D eigenvalue weighted by atomic mass is 32.1. The van der Waals surface area contributed by atoms with Gasteiger partial charge in [-0.05, 0) is 31.1 Å². The van der Waals surface area contributed by atoms with Crippen LogP contribution in [-0.4, -0.2) is 12.6 Å². The van der Waals surface area contributed by atoms with Crippen molar-refractivity contribution in [2.75, 3.05) is 6.61 Å². The summed E-state index contributed by atoms with van der Waals surface area (Å²) < 4.78 is 4.83. The van der Waals surface area contributed by atoms with Gasteiger partial charge in [-0.2, -0.15) is 0 Å². The molecule has 0 saturated carbocycles. The van der Waals surface area contributed by atoms with Crippen molar-refractivity contribution in [2.45, 2.75) is 18.7 Å². The minimum absolute atomic E-state index is 0.313. The highest BCUT2D eigenvalue weighted by Gasteiger charge is 2.03. The van der Waals surface area contributed by atoms with E-state index in [1.165, 1.54) is 6.08 Å². The van der Waals surface area contributed by atoms with Crippen LogP contribution in [0.15, 0.2) is 35.2 Å². The molecule has 0 aromatic heterocycles. The van der Waals surface area contributed by atoms with Crippen molar-refractivity contribution in [3.05, 3.63) is 35.9 Å². The van der Waals surface area contributed by atoms with Crippen molar-refractivity contribution in [3.8, 4) is 0 Å². The number of allylic oxidation sites excluding steroid dienone is 1. The number of carbonyl (C=O) groups excluding carboxylic acids is 1. The second-order valence-corrected chi connectivity index (χ2v) is 3.58. The third kappa shape index (κ3) is 3.44. The highest BCUT2D eigenvalue weighted by molar-refractivity contribution is 7.80. The second kappa shape index (κ2) is 5.61. The fraction of sp³-hybridized carbons (Fsp3) is 0.250. The van der Waals surface area contributed by atoms with Crippen molar-refractivity contribution in [2.24, 2.45) is 0 Å². The lowest BCUT2D eigenvalue weighted by Crippen LogP contribution is -2.00. The number of ether oxygens (including phenoxy) is 1. The molecule has 80 valence electrons. The number of rotatable bonds is 3. The SMILES string of the molecule is CCOC(=O)/C=C(\C)c1ccccc1S. The topological polar surface area (TPSA) is 26.3 Å². The predicted molar refractivity (Wildman–Crippen MR) is 64.0 cm³/mol. The van der Waals surface area contributed by atoms with Crippen molar-refractivity contribution in [1.29, 1.82) is 0 Å². The lowest BCUT2D eigenvalue weighted by molar-refractivity contribution is -0.137. The summed E-state index contributed by atoms with van der Waals surface area (Å²) in [5, 5.41) is 0. The molecular weight excluding hydrogens is 208 g/mol. The van der Waals surface area contributed by atoms with Crippen LogP contribution in [0.2, 0.25) is 0 Å². The van der Waals surface area contributed by atoms with E-state index in [1.807, 2.05) is 31.2 Å². The molecule has 0 aliphatic carbocycles. The molecule has 1 rings (SSSR count). The minimum atomic E-state index is -0.313. The first-order valence-electron chi connectivity index (χ1n) is 4.78. The molecule has 3 heteroatoms. The van der Waals surface area contributed by atoms with Gasteiger partial charge in [0, 0.05) is 11.0 Å². The number of carbonyl (C=O) groups is 1. The molecule has 0 unspecified atom stereocenters. The Bertz CT molecular complexity index is 383. The normalized spacial score (nSPS) is 11.3. The second-order valence-electron chi connectivity index (χ2n) is 3.10. The van der Waals surface area contributed by atoms with Crippen molar-refractivity contribution >= 4 is 24.2 Å². The Hall–Kier alpha value is -1.22. The Labute approximate surface area is 95.4 Å². The maximum Gasteiger partial charge on any atom is 0.331 e. The maximum absolute atomic E-state index is 11.2. The van der Waals surface area contributed by atoms with Crippen LogP contribution in [0.25, 0.3) is 5.57 Å². The Morgan fingerprint density at radius 2 is 2.13 bits per heavy atom. The summed E-state index contributed by atoms with van der Waals surface area (Å²) in [5.41, 5.74) is 1.81. The zero-order valence-corrected chi connectivity index (χ0v) is 9.75. The van der Waals surface area contributed by atoms with Crippen LogP contribution in [0.4, 0.5) is 0 Å². The van der Waals surface area contributed by atoms with E-state index < -0.39 is 0 Å². The monoisotopic (exact) mass is 222 g/mol. The summed E-state index contributed by atoms with van der Waals surface area (Å²) in [5.74, 6) is -0.313. The molecular formula is C12H14O2S. The van der Waals surface area contributed by atoms with Gasteiger partial charge in [-0.25, -0.2) is 4.79 Å². The summed E-state index contributed by atoms with van der Waals surface area (Å²) >= 11 is 4.32. The fourth-order valence-electron chi connectivity index (χ4n) is 1.25. The Kier molecular flexibility index (Phi) is 4.43. The standard InChI is InChI=1S/C12H14O2S/c1-3-14-12(13)8-9(2)10-6-4-5-7-11(10)15/h4-8,15H,3H2,1-2H3/b9-8+. The molecule has 1 aromatic carbocycles. The van der Waals surface area contributed by atoms with Crippen molar-refractivity contribution < 1.29 is 9.53 Å². The van der Waals surface area contributed by atoms with Gasteiger partial charge in [0.1, 0.15) is 0 Å². The molecule has 0 aliphatic heterocycles. The Morgan fingerprint density at radius 1 is 1.47 bits per heavy atom. The molecule has 0 aliphatic rings. The zero-order valence-electron chi connectivity index (χ0n) is 8.86. The van der Waals surface area contributed by atoms with E-state index in [9.17, 15) is 4.79 Å². The highest BCUT2D eigenvalue weighted by Crippen LogP contribution is 2.21. The smallest absolute Gasteiger partial charge is 0.331 e. The van der Waals surface area contributed by atoms with Crippen LogP contribution in [-0.2, 0) is 9.53 Å². The molecule has 1 aromatic rings. The molecule has 0 radical (unpaired) electrons. The summed E-state index contributed by atoms with van der Waals surface area (Å²) in [7, 11) is 0. The van der Waals surface area contributed by atoms with Crippen LogP contribution in [0.5, 0.6) is 0 Å². The zero-order chi connectivity index (χ0) is 11.3. The molecule has 0 N–H and O–H groups in total. The van der Waals surface area contributed by atoms with Gasteiger partial charge >= 0.3 is 5.97 Å². The summed E-state index contributed by atoms with van der Waals surface area (Å²) in [6.07, 6.45) is 1.48. The molecule has 0 bridgehead atoms. The van der Waals surface area contributed by atoms with E-state index in [4.69, 9.17) is 4.74 Å². The van der Waals surface area contributed by atoms with Gasteiger partial charge in [-0.1, -0.05) is 18.2 Å². The van der Waals surface area contributed by atoms with Gasteiger partial charge in [0.2, 0.25) is 0 Å². The van der Waals surface area contributed by atoms with E-state index in [-0.39, 0.29) is 5.97 Å². The van der Waals surface area contributed by atoms with Gasteiger partial charge in [0.05, 0.1) is 6.61 Å². The average molecular weight is 222 g/mol. The summed E-state index contributed by atoms with van der Waals surface area (Å²) in [6, 6.07) is 7.63. The van der Waals surface area contributed by atoms with Crippen LogP contribution < -0.4 is 0 Å². The first kappa shape index (κ1) is 11.9. The van der Waals surface area contributed by atoms with E-state index in [1.54, 1.807) is 6.92 Å². The van der Waals surface area contributed by atoms with Crippen LogP contribution in [0.3, 0.4) is 0 Å². The summed E-state index contributed by atoms with van der Waals surface area (Å²) in [4.78, 5) is 12.1. The van der Waals surface area contributed by atoms with Gasteiger partial charge in [-0.3, -0.25) is 0 Å². The molecule has 0 spiro atoms. The number of hydrogen-bond acceptors (Lipinski definition) is 3. The predicted octanol–water partition coefficient (Wildman–Crippen LogP) is 2.94. The van der Waals surface area contributed by atoms with E-state index >= 15 is 0 Å². The third-order valence-corrected chi connectivity index (χ3v) is 2.34. The minimum Gasteiger partial charge on any atom is -0.463 e. The molecule has 0 atom stereocenters. The quantitative estimate of drug-likeness (QED) is 0.483. The average Bonchev–Trinajstić information content (AvgIpc) is 2.18. The van der Waals surface area contributed by atoms with E-state index in [0.29, 0.717) is 6.61 Å². The Balaban J connectivity index is 2.89. The lowest BCUT2D eigenvalue weighted by Gasteiger charge is -2.04. The molecule has 15 heavy (non-hydrogen) atoms. The lowest BCUT2D eigenvalue weighted by atomic mass is 10.1. The first-order valence-corrected chi connectivity index (χ1v) is 5.23.